The highest BCUT2D eigenvalue weighted by Gasteiger charge is 2.14. The van der Waals surface area contributed by atoms with Crippen LogP contribution in [0.4, 0.5) is 11.4 Å². The molecule has 3 aromatic carbocycles. The van der Waals surface area contributed by atoms with E-state index in [1.54, 1.807) is 29.9 Å². The number of nitro groups is 1. The van der Waals surface area contributed by atoms with E-state index < -0.39 is 4.92 Å². The Bertz CT molecular complexity index is 1290. The van der Waals surface area contributed by atoms with Crippen LogP contribution in [0.1, 0.15) is 41.3 Å². The van der Waals surface area contributed by atoms with Crippen molar-refractivity contribution in [2.24, 2.45) is 0 Å². The molecule has 1 heterocycles. The topological polar surface area (TPSA) is 103 Å². The Balaban J connectivity index is 1.52. The number of fused-ring (bicyclic) bond motifs is 1. The summed E-state index contributed by atoms with van der Waals surface area (Å²) in [5, 5.41) is 22.8. The van der Waals surface area contributed by atoms with Gasteiger partial charge in [-0.05, 0) is 67.8 Å². The minimum atomic E-state index is -0.465. The van der Waals surface area contributed by atoms with Crippen LogP contribution in [0.15, 0.2) is 60.7 Å². The molecule has 0 aliphatic rings. The van der Waals surface area contributed by atoms with Crippen molar-refractivity contribution >= 4 is 28.3 Å². The summed E-state index contributed by atoms with van der Waals surface area (Å²) in [6.07, 6.45) is 3.39. The SMILES string of the molecule is CCCCc1ccc(-n2nc3ccc(NC(=O)c4ccc([N+](=O)[O-])c(C)c4)cc3n2)cc1. The van der Waals surface area contributed by atoms with Gasteiger partial charge in [0, 0.05) is 22.9 Å². The number of nitrogens with zero attached hydrogens (tertiary/aromatic N) is 4. The van der Waals surface area contributed by atoms with Crippen molar-refractivity contribution in [3.63, 3.8) is 0 Å². The average molecular weight is 429 g/mol. The largest absolute Gasteiger partial charge is 0.322 e. The minimum Gasteiger partial charge on any atom is -0.322 e. The van der Waals surface area contributed by atoms with Crippen LogP contribution >= 0.6 is 0 Å². The van der Waals surface area contributed by atoms with Gasteiger partial charge in [0.2, 0.25) is 0 Å². The molecule has 4 rings (SSSR count). The number of anilines is 1. The molecule has 0 aliphatic carbocycles. The molecule has 0 unspecified atom stereocenters. The van der Waals surface area contributed by atoms with Crippen LogP contribution in [0.25, 0.3) is 16.7 Å². The second-order valence-corrected chi connectivity index (χ2v) is 7.68. The number of aryl methyl sites for hydroxylation is 2. The van der Waals surface area contributed by atoms with Gasteiger partial charge in [-0.15, -0.1) is 10.2 Å². The summed E-state index contributed by atoms with van der Waals surface area (Å²) in [5.41, 5.74) is 4.86. The van der Waals surface area contributed by atoms with Crippen LogP contribution in [0.3, 0.4) is 0 Å². The first kappa shape index (κ1) is 21.2. The zero-order chi connectivity index (χ0) is 22.7. The maximum Gasteiger partial charge on any atom is 0.272 e. The summed E-state index contributed by atoms with van der Waals surface area (Å²) < 4.78 is 0. The van der Waals surface area contributed by atoms with Crippen LogP contribution in [0.2, 0.25) is 0 Å². The first-order chi connectivity index (χ1) is 15.4. The van der Waals surface area contributed by atoms with E-state index in [-0.39, 0.29) is 11.6 Å². The monoisotopic (exact) mass is 429 g/mol. The highest BCUT2D eigenvalue weighted by Crippen LogP contribution is 2.21. The Hall–Kier alpha value is -4.07. The molecule has 0 fully saturated rings. The summed E-state index contributed by atoms with van der Waals surface area (Å²) in [7, 11) is 0. The van der Waals surface area contributed by atoms with Crippen LogP contribution < -0.4 is 5.32 Å². The van der Waals surface area contributed by atoms with Crippen molar-refractivity contribution in [3.05, 3.63) is 87.5 Å². The van der Waals surface area contributed by atoms with E-state index in [0.29, 0.717) is 27.8 Å². The Labute approximate surface area is 185 Å². The lowest BCUT2D eigenvalue weighted by Crippen LogP contribution is -2.12. The first-order valence-corrected chi connectivity index (χ1v) is 10.5. The molecule has 0 atom stereocenters. The van der Waals surface area contributed by atoms with Crippen LogP contribution in [0.5, 0.6) is 0 Å². The molecule has 32 heavy (non-hydrogen) atoms. The number of aromatic nitrogens is 3. The van der Waals surface area contributed by atoms with Gasteiger partial charge in [-0.1, -0.05) is 25.5 Å². The lowest BCUT2D eigenvalue weighted by atomic mass is 10.1. The number of nitrogens with one attached hydrogen (secondary N) is 1. The second-order valence-electron chi connectivity index (χ2n) is 7.68. The van der Waals surface area contributed by atoms with E-state index in [4.69, 9.17) is 0 Å². The van der Waals surface area contributed by atoms with E-state index >= 15 is 0 Å². The van der Waals surface area contributed by atoms with Gasteiger partial charge in [0.25, 0.3) is 11.6 Å². The molecule has 1 N–H and O–H groups in total. The Kier molecular flexibility index (Phi) is 5.93. The van der Waals surface area contributed by atoms with Gasteiger partial charge in [0.05, 0.1) is 10.6 Å². The third-order valence-electron chi connectivity index (χ3n) is 5.28. The molecule has 8 heteroatoms. The van der Waals surface area contributed by atoms with Crippen molar-refractivity contribution in [1.82, 2.24) is 15.0 Å². The Morgan fingerprint density at radius 1 is 1.03 bits per heavy atom. The predicted octanol–water partition coefficient (Wildman–Crippen LogP) is 5.23. The standard InChI is InChI=1S/C24H23N5O3/c1-3-4-5-17-6-10-20(11-7-17)28-26-21-12-9-19(15-22(21)27-28)25-24(30)18-8-13-23(29(31)32)16(2)14-18/h6-15H,3-5H2,1-2H3,(H,25,30). The fourth-order valence-electron chi connectivity index (χ4n) is 3.49. The molecular weight excluding hydrogens is 406 g/mol. The number of unbranched alkanes of at least 4 members (excludes halogenated alkanes) is 1. The number of carbonyl (C=O) groups excluding carboxylic acids is 1. The fraction of sp³-hybridized carbons (Fsp3) is 0.208. The minimum absolute atomic E-state index is 0.0158. The lowest BCUT2D eigenvalue weighted by Gasteiger charge is -2.06. The number of hydrogen-bond donors (Lipinski definition) is 1. The molecule has 0 radical (unpaired) electrons. The molecule has 0 aliphatic heterocycles. The normalized spacial score (nSPS) is 10.9. The fourth-order valence-corrected chi connectivity index (χ4v) is 3.49. The summed E-state index contributed by atoms with van der Waals surface area (Å²) in [6.45, 7) is 3.78. The summed E-state index contributed by atoms with van der Waals surface area (Å²) in [4.78, 5) is 24.7. The molecule has 162 valence electrons. The average Bonchev–Trinajstić information content (AvgIpc) is 3.21. The summed E-state index contributed by atoms with van der Waals surface area (Å²) in [5.74, 6) is -0.350. The number of hydrogen-bond acceptors (Lipinski definition) is 5. The van der Waals surface area contributed by atoms with Gasteiger partial charge in [-0.2, -0.15) is 4.80 Å². The predicted molar refractivity (Wildman–Crippen MR) is 123 cm³/mol. The van der Waals surface area contributed by atoms with Crippen LogP contribution in [0, 0.1) is 17.0 Å². The number of rotatable bonds is 7. The number of nitro benzene ring substituents is 1. The molecular formula is C24H23N5O3. The number of carbonyl (C=O) groups is 1. The van der Waals surface area contributed by atoms with Crippen molar-refractivity contribution in [2.75, 3.05) is 5.32 Å². The van der Waals surface area contributed by atoms with E-state index in [9.17, 15) is 14.9 Å². The summed E-state index contributed by atoms with van der Waals surface area (Å²) in [6, 6.07) is 17.8. The van der Waals surface area contributed by atoms with Crippen molar-refractivity contribution < 1.29 is 9.72 Å². The molecule has 0 saturated carbocycles. The van der Waals surface area contributed by atoms with Gasteiger partial charge in [-0.25, -0.2) is 0 Å². The van der Waals surface area contributed by atoms with Gasteiger partial charge in [0.1, 0.15) is 11.0 Å². The maximum atomic E-state index is 12.6. The zero-order valence-electron chi connectivity index (χ0n) is 17.9. The molecule has 0 spiro atoms. The maximum absolute atomic E-state index is 12.6. The lowest BCUT2D eigenvalue weighted by molar-refractivity contribution is -0.385. The van der Waals surface area contributed by atoms with Gasteiger partial charge in [-0.3, -0.25) is 14.9 Å². The third kappa shape index (κ3) is 4.49. The van der Waals surface area contributed by atoms with E-state index in [0.717, 1.165) is 24.9 Å². The van der Waals surface area contributed by atoms with Crippen LogP contribution in [-0.4, -0.2) is 25.8 Å². The smallest absolute Gasteiger partial charge is 0.272 e. The quantitative estimate of drug-likeness (QED) is 0.320. The molecule has 0 bridgehead atoms. The van der Waals surface area contributed by atoms with E-state index in [2.05, 4.69) is 34.6 Å². The van der Waals surface area contributed by atoms with Crippen molar-refractivity contribution in [1.29, 1.82) is 0 Å². The van der Waals surface area contributed by atoms with E-state index in [1.807, 2.05) is 12.1 Å². The number of benzene rings is 3. The number of amides is 1. The van der Waals surface area contributed by atoms with Crippen LogP contribution in [-0.2, 0) is 6.42 Å². The third-order valence-corrected chi connectivity index (χ3v) is 5.28. The summed E-state index contributed by atoms with van der Waals surface area (Å²) >= 11 is 0. The highest BCUT2D eigenvalue weighted by molar-refractivity contribution is 6.05. The van der Waals surface area contributed by atoms with E-state index in [1.165, 1.54) is 23.8 Å². The molecule has 1 amide bonds. The van der Waals surface area contributed by atoms with Gasteiger partial charge in [0.15, 0.2) is 0 Å². The van der Waals surface area contributed by atoms with Gasteiger partial charge < -0.3 is 5.32 Å². The molecule has 1 aromatic heterocycles. The Morgan fingerprint density at radius 2 is 1.78 bits per heavy atom. The molecule has 4 aromatic rings. The van der Waals surface area contributed by atoms with Crippen molar-refractivity contribution in [3.8, 4) is 5.69 Å². The molecule has 0 saturated heterocycles. The van der Waals surface area contributed by atoms with Crippen molar-refractivity contribution in [2.45, 2.75) is 33.1 Å². The second kappa shape index (κ2) is 8.97. The zero-order valence-corrected chi connectivity index (χ0v) is 17.9. The first-order valence-electron chi connectivity index (χ1n) is 10.5. The molecule has 8 nitrogen and oxygen atoms in total. The van der Waals surface area contributed by atoms with Gasteiger partial charge >= 0.3 is 0 Å². The highest BCUT2D eigenvalue weighted by atomic mass is 16.6. The Morgan fingerprint density at radius 3 is 2.47 bits per heavy atom.